The van der Waals surface area contributed by atoms with Gasteiger partial charge in [0.15, 0.2) is 11.8 Å². The molecule has 2 rings (SSSR count). The Balaban J connectivity index is 2.26. The highest BCUT2D eigenvalue weighted by atomic mass is 35.5. The van der Waals surface area contributed by atoms with Crippen molar-refractivity contribution >= 4 is 29.3 Å². The molecule has 0 aliphatic heterocycles. The molecule has 0 saturated heterocycles. The SMILES string of the molecule is CC(C)OC(=O)C(NC(=O)c1ccccc1)C(=O)c1ccc(Cl)cc1. The van der Waals surface area contributed by atoms with Gasteiger partial charge in [0.1, 0.15) is 0 Å². The van der Waals surface area contributed by atoms with Gasteiger partial charge in [0.05, 0.1) is 6.10 Å². The molecule has 0 radical (unpaired) electrons. The summed E-state index contributed by atoms with van der Waals surface area (Å²) in [5.41, 5.74) is 0.595. The topological polar surface area (TPSA) is 72.5 Å². The average Bonchev–Trinajstić information content (AvgIpc) is 2.59. The third-order valence-corrected chi connectivity index (χ3v) is 3.54. The second-order valence-electron chi connectivity index (χ2n) is 5.63. The summed E-state index contributed by atoms with van der Waals surface area (Å²) in [5, 5.41) is 2.92. The molecule has 0 saturated carbocycles. The standard InChI is InChI=1S/C19H18ClNO4/c1-12(2)25-19(24)16(17(22)13-8-10-15(20)11-9-13)21-18(23)14-6-4-3-5-7-14/h3-12,16H,1-2H3,(H,21,23). The first-order valence-corrected chi connectivity index (χ1v) is 8.12. The van der Waals surface area contributed by atoms with Gasteiger partial charge >= 0.3 is 5.97 Å². The summed E-state index contributed by atoms with van der Waals surface area (Å²) in [6, 6.07) is 13.0. The molecule has 1 amide bonds. The number of nitrogens with one attached hydrogen (secondary N) is 1. The Labute approximate surface area is 150 Å². The molecule has 0 aliphatic rings. The fraction of sp³-hybridized carbons (Fsp3) is 0.211. The third-order valence-electron chi connectivity index (χ3n) is 3.29. The van der Waals surface area contributed by atoms with Crippen LogP contribution >= 0.6 is 11.6 Å². The maximum Gasteiger partial charge on any atom is 0.337 e. The number of benzene rings is 2. The van der Waals surface area contributed by atoms with Crippen LogP contribution in [0.15, 0.2) is 54.6 Å². The third kappa shape index (κ3) is 5.16. The molecule has 1 unspecified atom stereocenters. The second-order valence-corrected chi connectivity index (χ2v) is 6.07. The number of Topliss-reactive ketones (excluding diaryl/α,β-unsaturated/α-hetero) is 1. The second kappa shape index (κ2) is 8.44. The van der Waals surface area contributed by atoms with Crippen LogP contribution in [-0.4, -0.2) is 29.8 Å². The predicted molar refractivity (Wildman–Crippen MR) is 94.7 cm³/mol. The number of hydrogen-bond acceptors (Lipinski definition) is 4. The molecule has 0 heterocycles. The first-order valence-electron chi connectivity index (χ1n) is 7.74. The highest BCUT2D eigenvalue weighted by Crippen LogP contribution is 2.13. The number of carbonyl (C=O) groups is 3. The smallest absolute Gasteiger partial charge is 0.337 e. The molecule has 2 aromatic rings. The van der Waals surface area contributed by atoms with Crippen molar-refractivity contribution < 1.29 is 19.1 Å². The van der Waals surface area contributed by atoms with Gasteiger partial charge in [0.2, 0.25) is 0 Å². The lowest BCUT2D eigenvalue weighted by Crippen LogP contribution is -2.48. The summed E-state index contributed by atoms with van der Waals surface area (Å²) in [6.45, 7) is 3.33. The average molecular weight is 360 g/mol. The van der Waals surface area contributed by atoms with Crippen LogP contribution in [0.1, 0.15) is 34.6 Å². The molecule has 1 N–H and O–H groups in total. The molecule has 1 atom stereocenters. The van der Waals surface area contributed by atoms with E-state index in [1.807, 2.05) is 0 Å². The van der Waals surface area contributed by atoms with Crippen molar-refractivity contribution in [2.45, 2.75) is 26.0 Å². The molecule has 0 fully saturated rings. The van der Waals surface area contributed by atoms with E-state index in [2.05, 4.69) is 5.32 Å². The minimum absolute atomic E-state index is 0.253. The Kier molecular flexibility index (Phi) is 6.31. The molecule has 0 aliphatic carbocycles. The molecule has 6 heteroatoms. The van der Waals surface area contributed by atoms with E-state index in [-0.39, 0.29) is 5.56 Å². The Morgan fingerprint density at radius 3 is 2.08 bits per heavy atom. The van der Waals surface area contributed by atoms with E-state index in [1.54, 1.807) is 56.3 Å². The van der Waals surface area contributed by atoms with E-state index in [0.717, 1.165) is 0 Å². The summed E-state index contributed by atoms with van der Waals surface area (Å²) in [4.78, 5) is 37.3. The normalized spacial score (nSPS) is 11.7. The molecule has 5 nitrogen and oxygen atoms in total. The van der Waals surface area contributed by atoms with Gasteiger partial charge in [-0.15, -0.1) is 0 Å². The summed E-state index contributed by atoms with van der Waals surface area (Å²) in [5.74, 6) is -1.90. The first kappa shape index (κ1) is 18.7. The number of esters is 1. The van der Waals surface area contributed by atoms with Crippen LogP contribution in [0.25, 0.3) is 0 Å². The Hall–Kier alpha value is -2.66. The largest absolute Gasteiger partial charge is 0.461 e. The number of hydrogen-bond donors (Lipinski definition) is 1. The highest BCUT2D eigenvalue weighted by molar-refractivity contribution is 6.30. The zero-order valence-corrected chi connectivity index (χ0v) is 14.6. The van der Waals surface area contributed by atoms with Crippen LogP contribution in [-0.2, 0) is 9.53 Å². The molecule has 2 aromatic carbocycles. The van der Waals surface area contributed by atoms with E-state index in [9.17, 15) is 14.4 Å². The van der Waals surface area contributed by atoms with Crippen molar-refractivity contribution in [3.8, 4) is 0 Å². The van der Waals surface area contributed by atoms with E-state index in [0.29, 0.717) is 10.6 Å². The van der Waals surface area contributed by atoms with E-state index in [4.69, 9.17) is 16.3 Å². The van der Waals surface area contributed by atoms with E-state index >= 15 is 0 Å². The lowest BCUT2D eigenvalue weighted by Gasteiger charge is -2.18. The van der Waals surface area contributed by atoms with Crippen LogP contribution in [0, 0.1) is 0 Å². The number of ether oxygens (including phenoxy) is 1. The molecular weight excluding hydrogens is 342 g/mol. The minimum atomic E-state index is -1.43. The fourth-order valence-electron chi connectivity index (χ4n) is 2.12. The van der Waals surface area contributed by atoms with Crippen LogP contribution in [0.3, 0.4) is 0 Å². The van der Waals surface area contributed by atoms with Crippen molar-refractivity contribution in [3.63, 3.8) is 0 Å². The van der Waals surface area contributed by atoms with Gasteiger partial charge in [-0.3, -0.25) is 9.59 Å². The number of amides is 1. The summed E-state index contributed by atoms with van der Waals surface area (Å²) in [7, 11) is 0. The number of ketones is 1. The van der Waals surface area contributed by atoms with Crippen LogP contribution < -0.4 is 5.32 Å². The lowest BCUT2D eigenvalue weighted by atomic mass is 10.0. The van der Waals surface area contributed by atoms with Crippen molar-refractivity contribution in [2.24, 2.45) is 0 Å². The molecule has 25 heavy (non-hydrogen) atoms. The van der Waals surface area contributed by atoms with Crippen molar-refractivity contribution in [3.05, 3.63) is 70.7 Å². The quantitative estimate of drug-likeness (QED) is 0.488. The van der Waals surface area contributed by atoms with Crippen LogP contribution in [0.5, 0.6) is 0 Å². The Bertz CT molecular complexity index is 757. The molecular formula is C19H18ClNO4. The highest BCUT2D eigenvalue weighted by Gasteiger charge is 2.31. The van der Waals surface area contributed by atoms with Gasteiger partial charge in [-0.25, -0.2) is 4.79 Å². The summed E-state index contributed by atoms with van der Waals surface area (Å²) >= 11 is 5.82. The monoisotopic (exact) mass is 359 g/mol. The van der Waals surface area contributed by atoms with Gasteiger partial charge in [0.25, 0.3) is 5.91 Å². The van der Waals surface area contributed by atoms with Crippen LogP contribution in [0.2, 0.25) is 5.02 Å². The number of rotatable bonds is 6. The predicted octanol–water partition coefficient (Wildman–Crippen LogP) is 3.27. The number of carbonyl (C=O) groups excluding carboxylic acids is 3. The Morgan fingerprint density at radius 2 is 1.52 bits per heavy atom. The van der Waals surface area contributed by atoms with Crippen molar-refractivity contribution in [1.29, 1.82) is 0 Å². The number of halogens is 1. The van der Waals surface area contributed by atoms with Crippen LogP contribution in [0.4, 0.5) is 0 Å². The Morgan fingerprint density at radius 1 is 0.920 bits per heavy atom. The molecule has 0 aromatic heterocycles. The van der Waals surface area contributed by atoms with Gasteiger partial charge in [-0.2, -0.15) is 0 Å². The lowest BCUT2D eigenvalue weighted by molar-refractivity contribution is -0.148. The molecule has 0 spiro atoms. The summed E-state index contributed by atoms with van der Waals surface area (Å²) in [6.07, 6.45) is -0.415. The minimum Gasteiger partial charge on any atom is -0.461 e. The maximum absolute atomic E-state index is 12.7. The zero-order chi connectivity index (χ0) is 18.4. The zero-order valence-electron chi connectivity index (χ0n) is 13.9. The van der Waals surface area contributed by atoms with E-state index in [1.165, 1.54) is 12.1 Å². The van der Waals surface area contributed by atoms with Gasteiger partial charge in [-0.05, 0) is 50.2 Å². The van der Waals surface area contributed by atoms with Crippen molar-refractivity contribution in [1.82, 2.24) is 5.32 Å². The van der Waals surface area contributed by atoms with E-state index < -0.39 is 29.8 Å². The molecule has 130 valence electrons. The maximum atomic E-state index is 12.7. The van der Waals surface area contributed by atoms with Gasteiger partial charge in [-0.1, -0.05) is 29.8 Å². The molecule has 0 bridgehead atoms. The van der Waals surface area contributed by atoms with Gasteiger partial charge < -0.3 is 10.1 Å². The van der Waals surface area contributed by atoms with Gasteiger partial charge in [0, 0.05) is 16.1 Å². The first-order chi connectivity index (χ1) is 11.9. The summed E-state index contributed by atoms with van der Waals surface area (Å²) < 4.78 is 5.11. The van der Waals surface area contributed by atoms with Crippen molar-refractivity contribution in [2.75, 3.05) is 0 Å². The fourth-order valence-corrected chi connectivity index (χ4v) is 2.24.